The maximum absolute atomic E-state index is 5.42. The third-order valence-electron chi connectivity index (χ3n) is 3.00. The number of nitrogens with one attached hydrogen (secondary N) is 1. The molecule has 21 heavy (non-hydrogen) atoms. The minimum Gasteiger partial charge on any atom is -0.303 e. The Balaban J connectivity index is 2.07. The Labute approximate surface area is 128 Å². The zero-order valence-electron chi connectivity index (χ0n) is 12.2. The number of hydrogen-bond acceptors (Lipinski definition) is 8. The molecule has 0 aliphatic rings. The van der Waals surface area contributed by atoms with Crippen molar-refractivity contribution in [2.45, 2.75) is 19.0 Å². The molecule has 3 N–H and O–H groups in total. The number of hydrazine groups is 1. The van der Waals surface area contributed by atoms with Crippen molar-refractivity contribution in [3.8, 4) is 5.95 Å². The van der Waals surface area contributed by atoms with Crippen molar-refractivity contribution in [2.75, 3.05) is 30.8 Å². The zero-order chi connectivity index (χ0) is 15.1. The highest BCUT2D eigenvalue weighted by Gasteiger charge is 2.08. The van der Waals surface area contributed by atoms with Gasteiger partial charge in [0.15, 0.2) is 5.16 Å². The normalized spacial score (nSPS) is 11.0. The maximum atomic E-state index is 5.42. The molecule has 0 aliphatic carbocycles. The summed E-state index contributed by atoms with van der Waals surface area (Å²) in [6, 6.07) is 0. The quantitative estimate of drug-likeness (QED) is 0.419. The summed E-state index contributed by atoms with van der Waals surface area (Å²) in [6.45, 7) is 7.40. The Bertz CT molecular complexity index is 540. The molecule has 2 aromatic heterocycles. The van der Waals surface area contributed by atoms with Gasteiger partial charge in [0.05, 0.1) is 0 Å². The molecule has 9 heteroatoms. The smallest absolute Gasteiger partial charge is 0.242 e. The second-order valence-corrected chi connectivity index (χ2v) is 5.29. The van der Waals surface area contributed by atoms with Crippen molar-refractivity contribution in [3.05, 3.63) is 18.7 Å². The lowest BCUT2D eigenvalue weighted by molar-refractivity contribution is 0.324. The Morgan fingerprint density at radius 2 is 2.10 bits per heavy atom. The van der Waals surface area contributed by atoms with Gasteiger partial charge < -0.3 is 4.90 Å². The Morgan fingerprint density at radius 3 is 2.71 bits per heavy atom. The van der Waals surface area contributed by atoms with E-state index in [9.17, 15) is 0 Å². The van der Waals surface area contributed by atoms with Gasteiger partial charge in [0.25, 0.3) is 0 Å². The Kier molecular flexibility index (Phi) is 5.90. The summed E-state index contributed by atoms with van der Waals surface area (Å²) in [5, 5.41) is 0.647. The van der Waals surface area contributed by atoms with Crippen molar-refractivity contribution in [2.24, 2.45) is 5.84 Å². The number of hydrogen-bond donors (Lipinski definition) is 2. The summed E-state index contributed by atoms with van der Waals surface area (Å²) in [4.78, 5) is 19.2. The summed E-state index contributed by atoms with van der Waals surface area (Å²) >= 11 is 1.59. The van der Waals surface area contributed by atoms with E-state index in [-0.39, 0.29) is 0 Å². The fourth-order valence-corrected chi connectivity index (χ4v) is 2.60. The molecule has 0 radical (unpaired) electrons. The van der Waals surface area contributed by atoms with Crippen molar-refractivity contribution in [3.63, 3.8) is 0 Å². The zero-order valence-corrected chi connectivity index (χ0v) is 13.0. The first-order chi connectivity index (χ1) is 10.3. The first-order valence-corrected chi connectivity index (χ1v) is 7.81. The standard InChI is InChI=1S/C12H20N8S/c1-3-19(4-2)7-8-21-12-16-10(18-13)15-11(17-12)20-6-5-14-9-20/h5-6,9H,3-4,7-8,13H2,1-2H3,(H,15,16,17,18). The molecule has 2 rings (SSSR count). The van der Waals surface area contributed by atoms with E-state index in [1.807, 2.05) is 0 Å². The summed E-state index contributed by atoms with van der Waals surface area (Å²) < 4.78 is 1.72. The highest BCUT2D eigenvalue weighted by atomic mass is 32.2. The van der Waals surface area contributed by atoms with Gasteiger partial charge in [-0.1, -0.05) is 25.6 Å². The van der Waals surface area contributed by atoms with Crippen LogP contribution in [0.3, 0.4) is 0 Å². The van der Waals surface area contributed by atoms with E-state index >= 15 is 0 Å². The lowest BCUT2D eigenvalue weighted by Gasteiger charge is -2.17. The minimum absolute atomic E-state index is 0.346. The van der Waals surface area contributed by atoms with Crippen molar-refractivity contribution >= 4 is 17.7 Å². The van der Waals surface area contributed by atoms with E-state index in [1.165, 1.54) is 0 Å². The van der Waals surface area contributed by atoms with Gasteiger partial charge in [-0.2, -0.15) is 15.0 Å². The topological polar surface area (TPSA) is 97.8 Å². The van der Waals surface area contributed by atoms with E-state index in [0.29, 0.717) is 17.1 Å². The summed E-state index contributed by atoms with van der Waals surface area (Å²) in [5.41, 5.74) is 2.47. The van der Waals surface area contributed by atoms with Crippen LogP contribution in [0.25, 0.3) is 5.95 Å². The molecule has 0 atom stereocenters. The number of anilines is 1. The fourth-order valence-electron chi connectivity index (χ4n) is 1.77. The number of imidazole rings is 1. The molecule has 114 valence electrons. The van der Waals surface area contributed by atoms with Crippen LogP contribution in [0.2, 0.25) is 0 Å². The molecule has 0 saturated heterocycles. The van der Waals surface area contributed by atoms with Crippen LogP contribution in [0.1, 0.15) is 13.8 Å². The van der Waals surface area contributed by atoms with E-state index < -0.39 is 0 Å². The first-order valence-electron chi connectivity index (χ1n) is 6.83. The summed E-state index contributed by atoms with van der Waals surface area (Å²) in [7, 11) is 0. The van der Waals surface area contributed by atoms with Gasteiger partial charge in [-0.15, -0.1) is 0 Å². The predicted molar refractivity (Wildman–Crippen MR) is 83.3 cm³/mol. The first kappa shape index (κ1) is 15.7. The van der Waals surface area contributed by atoms with E-state index in [0.717, 1.165) is 25.4 Å². The van der Waals surface area contributed by atoms with Crippen molar-refractivity contribution in [1.29, 1.82) is 0 Å². The van der Waals surface area contributed by atoms with Gasteiger partial charge in [0.2, 0.25) is 11.9 Å². The molecule has 2 aromatic rings. The van der Waals surface area contributed by atoms with Gasteiger partial charge in [-0.25, -0.2) is 10.8 Å². The molecule has 0 bridgehead atoms. The molecule has 0 saturated carbocycles. The van der Waals surface area contributed by atoms with Crippen LogP contribution in [-0.2, 0) is 0 Å². The largest absolute Gasteiger partial charge is 0.303 e. The second-order valence-electron chi connectivity index (χ2n) is 4.23. The van der Waals surface area contributed by atoms with Gasteiger partial charge in [0, 0.05) is 24.7 Å². The second kappa shape index (κ2) is 7.91. The molecular weight excluding hydrogens is 288 g/mol. The van der Waals surface area contributed by atoms with Crippen molar-refractivity contribution in [1.82, 2.24) is 29.4 Å². The van der Waals surface area contributed by atoms with E-state index in [1.54, 1.807) is 35.0 Å². The number of nitrogen functional groups attached to an aromatic ring is 1. The summed E-state index contributed by atoms with van der Waals surface area (Å²) in [6.07, 6.45) is 5.09. The predicted octanol–water partition coefficient (Wildman–Crippen LogP) is 0.777. The SMILES string of the molecule is CCN(CC)CCSc1nc(NN)nc(-n2ccnc2)n1. The molecule has 2 heterocycles. The van der Waals surface area contributed by atoms with Crippen LogP contribution in [0, 0.1) is 0 Å². The van der Waals surface area contributed by atoms with E-state index in [2.05, 4.69) is 44.1 Å². The lowest BCUT2D eigenvalue weighted by Crippen LogP contribution is -2.25. The highest BCUT2D eigenvalue weighted by Crippen LogP contribution is 2.16. The average molecular weight is 308 g/mol. The van der Waals surface area contributed by atoms with Crippen LogP contribution in [0.4, 0.5) is 5.95 Å². The number of aromatic nitrogens is 5. The number of rotatable bonds is 8. The molecular formula is C12H20N8S. The molecule has 0 fully saturated rings. The lowest BCUT2D eigenvalue weighted by atomic mass is 10.5. The highest BCUT2D eigenvalue weighted by molar-refractivity contribution is 7.99. The van der Waals surface area contributed by atoms with Gasteiger partial charge in [-0.3, -0.25) is 9.99 Å². The molecule has 0 aliphatic heterocycles. The monoisotopic (exact) mass is 308 g/mol. The average Bonchev–Trinajstić information content (AvgIpc) is 3.05. The maximum Gasteiger partial charge on any atom is 0.242 e. The number of nitrogens with two attached hydrogens (primary N) is 1. The van der Waals surface area contributed by atoms with Crippen LogP contribution >= 0.6 is 11.8 Å². The van der Waals surface area contributed by atoms with Crippen molar-refractivity contribution < 1.29 is 0 Å². The Hall–Kier alpha value is -1.71. The van der Waals surface area contributed by atoms with Gasteiger partial charge in [0.1, 0.15) is 6.33 Å². The van der Waals surface area contributed by atoms with Crippen LogP contribution < -0.4 is 11.3 Å². The van der Waals surface area contributed by atoms with Crippen LogP contribution in [0.5, 0.6) is 0 Å². The third-order valence-corrected chi connectivity index (χ3v) is 3.83. The number of nitrogens with zero attached hydrogens (tertiary/aromatic N) is 6. The number of thioether (sulfide) groups is 1. The van der Waals surface area contributed by atoms with E-state index in [4.69, 9.17) is 5.84 Å². The van der Waals surface area contributed by atoms with Crippen LogP contribution in [-0.4, -0.2) is 54.8 Å². The molecule has 8 nitrogen and oxygen atoms in total. The fraction of sp³-hybridized carbons (Fsp3) is 0.500. The van der Waals surface area contributed by atoms with Crippen LogP contribution in [0.15, 0.2) is 23.9 Å². The molecule has 0 amide bonds. The minimum atomic E-state index is 0.346. The molecule has 0 aromatic carbocycles. The summed E-state index contributed by atoms with van der Waals surface area (Å²) in [5.74, 6) is 7.18. The molecule has 0 spiro atoms. The molecule has 0 unspecified atom stereocenters. The van der Waals surface area contributed by atoms with Gasteiger partial charge >= 0.3 is 0 Å². The third kappa shape index (κ3) is 4.38. The Morgan fingerprint density at radius 1 is 1.29 bits per heavy atom. The van der Waals surface area contributed by atoms with Gasteiger partial charge in [-0.05, 0) is 13.1 Å².